The van der Waals surface area contributed by atoms with E-state index in [0.29, 0.717) is 10.9 Å². The van der Waals surface area contributed by atoms with Gasteiger partial charge in [-0.2, -0.15) is 0 Å². The number of aryl methyl sites for hydroxylation is 1. The molecule has 0 radical (unpaired) electrons. The minimum Gasteiger partial charge on any atom is -0.282 e. The maximum absolute atomic E-state index is 5.91. The predicted molar refractivity (Wildman–Crippen MR) is 66.0 cm³/mol. The van der Waals surface area contributed by atoms with Crippen molar-refractivity contribution in [2.45, 2.75) is 6.92 Å². The van der Waals surface area contributed by atoms with Gasteiger partial charge in [-0.25, -0.2) is 15.0 Å². The summed E-state index contributed by atoms with van der Waals surface area (Å²) in [5.41, 5.74) is 2.62. The van der Waals surface area contributed by atoms with Gasteiger partial charge in [0.2, 0.25) is 5.78 Å². The van der Waals surface area contributed by atoms with E-state index in [2.05, 4.69) is 15.0 Å². The van der Waals surface area contributed by atoms with Crippen molar-refractivity contribution in [2.24, 2.45) is 0 Å². The van der Waals surface area contributed by atoms with E-state index in [0.717, 1.165) is 17.1 Å². The third-order valence-electron chi connectivity index (χ3n) is 2.54. The van der Waals surface area contributed by atoms with E-state index in [9.17, 15) is 0 Å². The van der Waals surface area contributed by atoms with Crippen molar-refractivity contribution in [1.29, 1.82) is 0 Å². The summed E-state index contributed by atoms with van der Waals surface area (Å²) in [4.78, 5) is 12.9. The topological polar surface area (TPSA) is 43.1 Å². The second-order valence-electron chi connectivity index (χ2n) is 3.68. The second-order valence-corrected chi connectivity index (χ2v) is 4.07. The molecule has 3 aromatic rings. The van der Waals surface area contributed by atoms with Gasteiger partial charge in [0.05, 0.1) is 17.1 Å². The molecule has 0 aliphatic rings. The summed E-state index contributed by atoms with van der Waals surface area (Å²) in [5.74, 6) is 0.668. The minimum atomic E-state index is 0.473. The number of hydrogen-bond donors (Lipinski definition) is 0. The first-order valence-electron chi connectivity index (χ1n) is 5.18. The normalized spacial score (nSPS) is 10.9. The van der Waals surface area contributed by atoms with Crippen LogP contribution >= 0.6 is 11.6 Å². The van der Waals surface area contributed by atoms with Crippen LogP contribution in [0.5, 0.6) is 0 Å². The van der Waals surface area contributed by atoms with Crippen LogP contribution in [0, 0.1) is 6.92 Å². The first kappa shape index (κ1) is 10.2. The van der Waals surface area contributed by atoms with E-state index in [1.54, 1.807) is 12.3 Å². The fourth-order valence-electron chi connectivity index (χ4n) is 1.85. The molecule has 3 heterocycles. The lowest BCUT2D eigenvalue weighted by molar-refractivity contribution is 1.10. The fourth-order valence-corrected chi connectivity index (χ4v) is 2.01. The zero-order valence-electron chi connectivity index (χ0n) is 9.13. The lowest BCUT2D eigenvalue weighted by atomic mass is 10.2. The Balaban J connectivity index is 2.33. The van der Waals surface area contributed by atoms with Crippen molar-refractivity contribution in [1.82, 2.24) is 19.4 Å². The Morgan fingerprint density at radius 1 is 1.18 bits per heavy atom. The van der Waals surface area contributed by atoms with Gasteiger partial charge < -0.3 is 0 Å². The summed E-state index contributed by atoms with van der Waals surface area (Å²) in [5, 5.41) is 0.473. The third-order valence-corrected chi connectivity index (χ3v) is 2.75. The summed E-state index contributed by atoms with van der Waals surface area (Å²) in [6.45, 7) is 1.94. The van der Waals surface area contributed by atoms with Gasteiger partial charge in [0, 0.05) is 12.4 Å². The zero-order valence-corrected chi connectivity index (χ0v) is 9.89. The van der Waals surface area contributed by atoms with Crippen molar-refractivity contribution in [3.8, 4) is 11.4 Å². The fraction of sp³-hybridized carbons (Fsp3) is 0.0833. The molecule has 84 valence electrons. The Morgan fingerprint density at radius 2 is 2.06 bits per heavy atom. The number of fused-ring (bicyclic) bond motifs is 1. The number of rotatable bonds is 1. The van der Waals surface area contributed by atoms with E-state index in [-0.39, 0.29) is 0 Å². The highest BCUT2D eigenvalue weighted by atomic mass is 35.5. The third kappa shape index (κ3) is 1.66. The molecule has 0 bridgehead atoms. The number of nitrogens with zero attached hydrogens (tertiary/aromatic N) is 4. The van der Waals surface area contributed by atoms with Crippen LogP contribution in [0.1, 0.15) is 5.69 Å². The molecule has 4 nitrogen and oxygen atoms in total. The van der Waals surface area contributed by atoms with E-state index in [4.69, 9.17) is 11.6 Å². The van der Waals surface area contributed by atoms with Crippen LogP contribution in [0.25, 0.3) is 17.2 Å². The highest BCUT2D eigenvalue weighted by Crippen LogP contribution is 2.23. The molecule has 0 spiro atoms. The summed E-state index contributed by atoms with van der Waals surface area (Å²) >= 11 is 5.91. The van der Waals surface area contributed by atoms with Crippen molar-refractivity contribution in [3.63, 3.8) is 0 Å². The van der Waals surface area contributed by atoms with Crippen LogP contribution in [0.2, 0.25) is 5.15 Å². The molecule has 5 heteroatoms. The standard InChI is InChI=1S/C12H9ClN4/c1-8-11(9-4-2-5-10(13)16-9)17-7-3-6-14-12(17)15-8/h2-7H,1H3. The van der Waals surface area contributed by atoms with Crippen molar-refractivity contribution < 1.29 is 0 Å². The van der Waals surface area contributed by atoms with Crippen molar-refractivity contribution >= 4 is 17.4 Å². The number of imidazole rings is 1. The van der Waals surface area contributed by atoms with Gasteiger partial charge in [0.25, 0.3) is 0 Å². The average Bonchev–Trinajstić information content (AvgIpc) is 2.64. The lowest BCUT2D eigenvalue weighted by Crippen LogP contribution is -1.92. The Hall–Kier alpha value is -1.94. The molecule has 3 rings (SSSR count). The molecule has 0 aliphatic heterocycles. The highest BCUT2D eigenvalue weighted by Gasteiger charge is 2.12. The van der Waals surface area contributed by atoms with Crippen LogP contribution in [-0.2, 0) is 0 Å². The molecule has 0 saturated heterocycles. The number of hydrogen-bond acceptors (Lipinski definition) is 3. The second kappa shape index (κ2) is 3.82. The Morgan fingerprint density at radius 3 is 2.88 bits per heavy atom. The molecular formula is C12H9ClN4. The van der Waals surface area contributed by atoms with Gasteiger partial charge >= 0.3 is 0 Å². The first-order valence-corrected chi connectivity index (χ1v) is 5.56. The maximum atomic E-state index is 5.91. The molecule has 0 aliphatic carbocycles. The summed E-state index contributed by atoms with van der Waals surface area (Å²) < 4.78 is 1.91. The lowest BCUT2D eigenvalue weighted by Gasteiger charge is -2.02. The molecule has 0 atom stereocenters. The van der Waals surface area contributed by atoms with Gasteiger partial charge in [-0.15, -0.1) is 0 Å². The van der Waals surface area contributed by atoms with Gasteiger partial charge in [0.1, 0.15) is 5.15 Å². The van der Waals surface area contributed by atoms with Gasteiger partial charge in [-0.1, -0.05) is 17.7 Å². The molecular weight excluding hydrogens is 236 g/mol. The summed E-state index contributed by atoms with van der Waals surface area (Å²) in [6, 6.07) is 7.40. The zero-order chi connectivity index (χ0) is 11.8. The number of aromatic nitrogens is 4. The SMILES string of the molecule is Cc1nc2ncccn2c1-c1cccc(Cl)n1. The van der Waals surface area contributed by atoms with E-state index in [1.807, 2.05) is 35.7 Å². The first-order chi connectivity index (χ1) is 8.25. The van der Waals surface area contributed by atoms with Gasteiger partial charge in [-0.3, -0.25) is 4.40 Å². The number of halogens is 1. The van der Waals surface area contributed by atoms with Crippen molar-refractivity contribution in [2.75, 3.05) is 0 Å². The monoisotopic (exact) mass is 244 g/mol. The highest BCUT2D eigenvalue weighted by molar-refractivity contribution is 6.29. The molecule has 0 N–H and O–H groups in total. The van der Waals surface area contributed by atoms with Crippen LogP contribution in [-0.4, -0.2) is 19.4 Å². The van der Waals surface area contributed by atoms with Crippen LogP contribution in [0.4, 0.5) is 0 Å². The Bertz CT molecular complexity index is 690. The van der Waals surface area contributed by atoms with Crippen molar-refractivity contribution in [3.05, 3.63) is 47.5 Å². The maximum Gasteiger partial charge on any atom is 0.234 e. The van der Waals surface area contributed by atoms with E-state index >= 15 is 0 Å². The van der Waals surface area contributed by atoms with Gasteiger partial charge in [-0.05, 0) is 25.1 Å². The summed E-state index contributed by atoms with van der Waals surface area (Å²) in [6.07, 6.45) is 3.64. The van der Waals surface area contributed by atoms with Gasteiger partial charge in [0.15, 0.2) is 0 Å². The molecule has 0 unspecified atom stereocenters. The quantitative estimate of drug-likeness (QED) is 0.618. The molecule has 0 amide bonds. The molecule has 3 aromatic heterocycles. The Labute approximate surface area is 103 Å². The van der Waals surface area contributed by atoms with E-state index in [1.165, 1.54) is 0 Å². The largest absolute Gasteiger partial charge is 0.282 e. The van der Waals surface area contributed by atoms with Crippen LogP contribution in [0.15, 0.2) is 36.7 Å². The molecule has 0 aromatic carbocycles. The predicted octanol–water partition coefficient (Wildman–Crippen LogP) is 2.75. The van der Waals surface area contributed by atoms with Crippen LogP contribution in [0.3, 0.4) is 0 Å². The summed E-state index contributed by atoms with van der Waals surface area (Å²) in [7, 11) is 0. The van der Waals surface area contributed by atoms with Crippen LogP contribution < -0.4 is 0 Å². The number of pyridine rings is 1. The smallest absolute Gasteiger partial charge is 0.234 e. The molecule has 0 fully saturated rings. The average molecular weight is 245 g/mol. The minimum absolute atomic E-state index is 0.473. The molecule has 0 saturated carbocycles. The Kier molecular flexibility index (Phi) is 2.30. The van der Waals surface area contributed by atoms with E-state index < -0.39 is 0 Å². The molecule has 17 heavy (non-hydrogen) atoms.